The minimum Gasteiger partial charge on any atom is -0.481 e. The third-order valence-electron chi connectivity index (χ3n) is 3.56. The Balaban J connectivity index is 2.60. The first kappa shape index (κ1) is 16.5. The van der Waals surface area contributed by atoms with E-state index in [1.165, 1.54) is 4.90 Å². The topological polar surface area (TPSA) is 83.9 Å². The predicted octanol–water partition coefficient (Wildman–Crippen LogP) is 1.29. The quantitative estimate of drug-likeness (QED) is 0.712. The smallest absolute Gasteiger partial charge is 0.325 e. The number of aliphatic carboxylic acids is 1. The van der Waals surface area contributed by atoms with Crippen LogP contribution in [0.1, 0.15) is 39.5 Å². The summed E-state index contributed by atoms with van der Waals surface area (Å²) < 4.78 is 4.86. The first-order chi connectivity index (χ1) is 9.49. The molecule has 0 aromatic heterocycles. The SMILES string of the molecule is CCCN(CC(=O)OCC)C(=O)[C@@H]1CC[C@H](C(=O)O)C1. The van der Waals surface area contributed by atoms with E-state index in [4.69, 9.17) is 9.84 Å². The summed E-state index contributed by atoms with van der Waals surface area (Å²) in [4.78, 5) is 36.3. The van der Waals surface area contributed by atoms with Gasteiger partial charge in [-0.3, -0.25) is 14.4 Å². The molecule has 1 aliphatic carbocycles. The molecule has 0 saturated heterocycles. The van der Waals surface area contributed by atoms with Gasteiger partial charge in [-0.15, -0.1) is 0 Å². The van der Waals surface area contributed by atoms with Gasteiger partial charge in [0, 0.05) is 12.5 Å². The van der Waals surface area contributed by atoms with Crippen molar-refractivity contribution in [2.75, 3.05) is 19.7 Å². The second kappa shape index (κ2) is 7.87. The molecule has 1 rings (SSSR count). The summed E-state index contributed by atoms with van der Waals surface area (Å²) in [6.07, 6.45) is 2.24. The predicted molar refractivity (Wildman–Crippen MR) is 72.0 cm³/mol. The van der Waals surface area contributed by atoms with E-state index in [1.54, 1.807) is 6.92 Å². The van der Waals surface area contributed by atoms with Crippen LogP contribution >= 0.6 is 0 Å². The van der Waals surface area contributed by atoms with Gasteiger partial charge in [0.1, 0.15) is 6.54 Å². The standard InChI is InChI=1S/C14H23NO5/c1-3-7-15(9-12(16)20-4-2)13(17)10-5-6-11(8-10)14(18)19/h10-11H,3-9H2,1-2H3,(H,18,19)/t10-,11+/m1/s1. The Morgan fingerprint density at radius 1 is 1.20 bits per heavy atom. The molecule has 6 nitrogen and oxygen atoms in total. The van der Waals surface area contributed by atoms with Gasteiger partial charge in [-0.2, -0.15) is 0 Å². The van der Waals surface area contributed by atoms with Crippen LogP contribution in [0.15, 0.2) is 0 Å². The second-order valence-corrected chi connectivity index (χ2v) is 5.11. The minimum absolute atomic E-state index is 0.0469. The molecule has 0 heterocycles. The van der Waals surface area contributed by atoms with E-state index in [0.717, 1.165) is 6.42 Å². The van der Waals surface area contributed by atoms with E-state index in [2.05, 4.69) is 0 Å². The zero-order valence-corrected chi connectivity index (χ0v) is 12.1. The molecular weight excluding hydrogens is 262 g/mol. The average molecular weight is 285 g/mol. The Morgan fingerprint density at radius 2 is 1.85 bits per heavy atom. The van der Waals surface area contributed by atoms with Gasteiger partial charge < -0.3 is 14.7 Å². The van der Waals surface area contributed by atoms with Crippen molar-refractivity contribution >= 4 is 17.8 Å². The van der Waals surface area contributed by atoms with Crippen LogP contribution in [0.2, 0.25) is 0 Å². The maximum absolute atomic E-state index is 12.4. The van der Waals surface area contributed by atoms with Gasteiger partial charge >= 0.3 is 11.9 Å². The number of hydrogen-bond donors (Lipinski definition) is 1. The first-order valence-corrected chi connectivity index (χ1v) is 7.16. The lowest BCUT2D eigenvalue weighted by Gasteiger charge is -2.24. The van der Waals surface area contributed by atoms with Crippen molar-refractivity contribution in [1.82, 2.24) is 4.90 Å². The van der Waals surface area contributed by atoms with Crippen molar-refractivity contribution < 1.29 is 24.2 Å². The number of ether oxygens (including phenoxy) is 1. The molecule has 0 radical (unpaired) electrons. The molecule has 2 atom stereocenters. The van der Waals surface area contributed by atoms with Gasteiger partial charge in [-0.1, -0.05) is 6.92 Å². The molecule has 1 saturated carbocycles. The highest BCUT2D eigenvalue weighted by Gasteiger charge is 2.36. The molecule has 0 aliphatic heterocycles. The van der Waals surface area contributed by atoms with Gasteiger partial charge in [-0.25, -0.2) is 0 Å². The maximum Gasteiger partial charge on any atom is 0.325 e. The van der Waals surface area contributed by atoms with Crippen molar-refractivity contribution in [2.45, 2.75) is 39.5 Å². The molecule has 0 spiro atoms. The van der Waals surface area contributed by atoms with E-state index in [1.807, 2.05) is 6.92 Å². The van der Waals surface area contributed by atoms with Crippen LogP contribution in [0.3, 0.4) is 0 Å². The number of amides is 1. The lowest BCUT2D eigenvalue weighted by Crippen LogP contribution is -2.40. The number of hydrogen-bond acceptors (Lipinski definition) is 4. The van der Waals surface area contributed by atoms with Crippen LogP contribution in [0.25, 0.3) is 0 Å². The van der Waals surface area contributed by atoms with E-state index in [-0.39, 0.29) is 25.0 Å². The lowest BCUT2D eigenvalue weighted by molar-refractivity contribution is -0.150. The van der Waals surface area contributed by atoms with Crippen molar-refractivity contribution in [3.05, 3.63) is 0 Å². The van der Waals surface area contributed by atoms with Crippen molar-refractivity contribution in [1.29, 1.82) is 0 Å². The number of carbonyl (C=O) groups is 3. The molecule has 20 heavy (non-hydrogen) atoms. The van der Waals surface area contributed by atoms with Crippen LogP contribution in [-0.4, -0.2) is 47.5 Å². The Hall–Kier alpha value is -1.59. The highest BCUT2D eigenvalue weighted by atomic mass is 16.5. The Labute approximate surface area is 119 Å². The maximum atomic E-state index is 12.4. The fourth-order valence-electron chi connectivity index (χ4n) is 2.59. The monoisotopic (exact) mass is 285 g/mol. The number of carboxylic acid groups (broad SMARTS) is 1. The summed E-state index contributed by atoms with van der Waals surface area (Å²) in [6.45, 7) is 4.39. The zero-order chi connectivity index (χ0) is 15.1. The summed E-state index contributed by atoms with van der Waals surface area (Å²) in [5, 5.41) is 8.97. The number of rotatable bonds is 7. The van der Waals surface area contributed by atoms with Crippen molar-refractivity contribution in [3.8, 4) is 0 Å². The molecule has 1 aliphatic rings. The molecule has 0 bridgehead atoms. The molecule has 1 amide bonds. The highest BCUT2D eigenvalue weighted by Crippen LogP contribution is 2.32. The third-order valence-corrected chi connectivity index (χ3v) is 3.56. The van der Waals surface area contributed by atoms with Gasteiger partial charge in [-0.05, 0) is 32.6 Å². The lowest BCUT2D eigenvalue weighted by atomic mass is 10.0. The number of esters is 1. The Bertz CT molecular complexity index is 369. The highest BCUT2D eigenvalue weighted by molar-refractivity contribution is 5.84. The van der Waals surface area contributed by atoms with Crippen LogP contribution in [0.4, 0.5) is 0 Å². The molecule has 6 heteroatoms. The van der Waals surface area contributed by atoms with Crippen molar-refractivity contribution in [2.24, 2.45) is 11.8 Å². The summed E-state index contributed by atoms with van der Waals surface area (Å²) in [6, 6.07) is 0. The fourth-order valence-corrected chi connectivity index (χ4v) is 2.59. The number of nitrogens with zero attached hydrogens (tertiary/aromatic N) is 1. The summed E-state index contributed by atoms with van der Waals surface area (Å²) in [5.41, 5.74) is 0. The first-order valence-electron chi connectivity index (χ1n) is 7.16. The fraction of sp³-hybridized carbons (Fsp3) is 0.786. The molecule has 0 aromatic carbocycles. The molecule has 1 fully saturated rings. The van der Waals surface area contributed by atoms with E-state index >= 15 is 0 Å². The van der Waals surface area contributed by atoms with E-state index < -0.39 is 17.9 Å². The summed E-state index contributed by atoms with van der Waals surface area (Å²) in [7, 11) is 0. The summed E-state index contributed by atoms with van der Waals surface area (Å²) >= 11 is 0. The Morgan fingerprint density at radius 3 is 2.35 bits per heavy atom. The normalized spacial score (nSPS) is 21.5. The van der Waals surface area contributed by atoms with Crippen LogP contribution < -0.4 is 0 Å². The zero-order valence-electron chi connectivity index (χ0n) is 12.1. The van der Waals surface area contributed by atoms with Crippen molar-refractivity contribution in [3.63, 3.8) is 0 Å². The third kappa shape index (κ3) is 4.51. The molecule has 0 aromatic rings. The molecule has 0 unspecified atom stereocenters. The molecule has 114 valence electrons. The van der Waals surface area contributed by atoms with Gasteiger partial charge in [0.05, 0.1) is 12.5 Å². The second-order valence-electron chi connectivity index (χ2n) is 5.11. The van der Waals surface area contributed by atoms with Crippen LogP contribution in [0, 0.1) is 11.8 Å². The van der Waals surface area contributed by atoms with Gasteiger partial charge in [0.25, 0.3) is 0 Å². The van der Waals surface area contributed by atoms with E-state index in [9.17, 15) is 14.4 Å². The average Bonchev–Trinajstić information content (AvgIpc) is 2.87. The van der Waals surface area contributed by atoms with Crippen LogP contribution in [-0.2, 0) is 19.1 Å². The largest absolute Gasteiger partial charge is 0.481 e. The van der Waals surface area contributed by atoms with Gasteiger partial charge in [0.15, 0.2) is 0 Å². The number of carbonyl (C=O) groups excluding carboxylic acids is 2. The minimum atomic E-state index is -0.840. The van der Waals surface area contributed by atoms with Gasteiger partial charge in [0.2, 0.25) is 5.91 Å². The van der Waals surface area contributed by atoms with E-state index in [0.29, 0.717) is 25.8 Å². The Kier molecular flexibility index (Phi) is 6.48. The molecule has 1 N–H and O–H groups in total. The summed E-state index contributed by atoms with van der Waals surface area (Å²) in [5.74, 6) is -2.09. The molecular formula is C14H23NO5. The number of carboxylic acids is 1. The van der Waals surface area contributed by atoms with Crippen LogP contribution in [0.5, 0.6) is 0 Å².